The van der Waals surface area contributed by atoms with Crippen LogP contribution in [0.5, 0.6) is 5.75 Å². The summed E-state index contributed by atoms with van der Waals surface area (Å²) in [6, 6.07) is 6.58. The van der Waals surface area contributed by atoms with E-state index in [-0.39, 0.29) is 11.4 Å². The minimum atomic E-state index is -3.62. The van der Waals surface area contributed by atoms with Gasteiger partial charge >= 0.3 is 0 Å². The van der Waals surface area contributed by atoms with Crippen LogP contribution in [0.4, 0.5) is 5.95 Å². The van der Waals surface area contributed by atoms with E-state index >= 15 is 0 Å². The Morgan fingerprint density at radius 1 is 1.23 bits per heavy atom. The van der Waals surface area contributed by atoms with Crippen molar-refractivity contribution in [2.75, 3.05) is 24.6 Å². The summed E-state index contributed by atoms with van der Waals surface area (Å²) in [5.74, 6) is 1.36. The lowest BCUT2D eigenvalue weighted by molar-refractivity contribution is 0.337. The number of sulfonamides is 1. The molecule has 26 heavy (non-hydrogen) atoms. The average molecular weight is 376 g/mol. The number of hydrogen-bond acceptors (Lipinski definition) is 6. The Balaban J connectivity index is 1.70. The molecule has 1 N–H and O–H groups in total. The zero-order valence-electron chi connectivity index (χ0n) is 15.1. The van der Waals surface area contributed by atoms with E-state index < -0.39 is 10.0 Å². The lowest BCUT2D eigenvalue weighted by Crippen LogP contribution is -2.25. The normalized spacial score (nSPS) is 14.6. The predicted molar refractivity (Wildman–Crippen MR) is 99.9 cm³/mol. The van der Waals surface area contributed by atoms with E-state index in [2.05, 4.69) is 19.6 Å². The van der Waals surface area contributed by atoms with Gasteiger partial charge in [-0.25, -0.2) is 23.1 Å². The number of hydrogen-bond donors (Lipinski definition) is 1. The highest BCUT2D eigenvalue weighted by Gasteiger charge is 2.18. The molecule has 1 saturated heterocycles. The molecule has 0 unspecified atom stereocenters. The molecular formula is C18H24N4O3S. The van der Waals surface area contributed by atoms with Gasteiger partial charge in [-0.2, -0.15) is 0 Å². The monoisotopic (exact) mass is 376 g/mol. The standard InChI is InChI=1S/C18H24N4O3S/c1-3-25-17-7-6-16(12-14(17)2)26(23,24)20-13-15-8-9-19-18(21-15)22-10-4-5-11-22/h6-9,12,20H,3-5,10-11,13H2,1-2H3. The van der Waals surface area contributed by atoms with Gasteiger partial charge in [0.1, 0.15) is 5.75 Å². The molecule has 0 radical (unpaired) electrons. The van der Waals surface area contributed by atoms with Gasteiger partial charge in [0.25, 0.3) is 0 Å². The Morgan fingerprint density at radius 2 is 2.00 bits per heavy atom. The second-order valence-corrected chi connectivity index (χ2v) is 7.99. The third kappa shape index (κ3) is 4.31. The fourth-order valence-corrected chi connectivity index (χ4v) is 3.99. The highest BCUT2D eigenvalue weighted by Crippen LogP contribution is 2.22. The molecule has 1 aliphatic rings. The molecule has 1 aromatic heterocycles. The molecule has 140 valence electrons. The van der Waals surface area contributed by atoms with Gasteiger partial charge in [-0.3, -0.25) is 0 Å². The van der Waals surface area contributed by atoms with Crippen molar-refractivity contribution < 1.29 is 13.2 Å². The molecule has 0 spiro atoms. The van der Waals surface area contributed by atoms with Crippen molar-refractivity contribution in [3.05, 3.63) is 41.7 Å². The second-order valence-electron chi connectivity index (χ2n) is 6.23. The number of aryl methyl sites for hydroxylation is 1. The zero-order valence-corrected chi connectivity index (χ0v) is 15.9. The van der Waals surface area contributed by atoms with Gasteiger partial charge in [0.05, 0.1) is 23.7 Å². The molecule has 3 rings (SSSR count). The van der Waals surface area contributed by atoms with Crippen molar-refractivity contribution >= 4 is 16.0 Å². The molecule has 1 aromatic carbocycles. The van der Waals surface area contributed by atoms with E-state index in [9.17, 15) is 8.42 Å². The Bertz CT molecular complexity index is 864. The van der Waals surface area contributed by atoms with E-state index in [0.717, 1.165) is 31.5 Å². The lowest BCUT2D eigenvalue weighted by atomic mass is 10.2. The quantitative estimate of drug-likeness (QED) is 0.798. The maximum absolute atomic E-state index is 12.6. The Kier molecular flexibility index (Phi) is 5.73. The van der Waals surface area contributed by atoms with Crippen LogP contribution >= 0.6 is 0 Å². The van der Waals surface area contributed by atoms with E-state index in [1.807, 2.05) is 13.8 Å². The van der Waals surface area contributed by atoms with Crippen molar-refractivity contribution in [2.45, 2.75) is 38.1 Å². The van der Waals surface area contributed by atoms with Gasteiger partial charge in [-0.05, 0) is 56.5 Å². The third-order valence-electron chi connectivity index (χ3n) is 4.29. The number of ether oxygens (including phenoxy) is 1. The van der Waals surface area contributed by atoms with Gasteiger partial charge in [0.2, 0.25) is 16.0 Å². The van der Waals surface area contributed by atoms with Crippen molar-refractivity contribution in [2.24, 2.45) is 0 Å². The number of benzene rings is 1. The molecule has 0 atom stereocenters. The Hall–Kier alpha value is -2.19. The summed E-state index contributed by atoms with van der Waals surface area (Å²) >= 11 is 0. The first-order chi connectivity index (χ1) is 12.5. The summed E-state index contributed by atoms with van der Waals surface area (Å²) in [4.78, 5) is 11.1. The first-order valence-electron chi connectivity index (χ1n) is 8.79. The molecule has 2 heterocycles. The topological polar surface area (TPSA) is 84.4 Å². The van der Waals surface area contributed by atoms with E-state index in [1.165, 1.54) is 0 Å². The minimum absolute atomic E-state index is 0.123. The van der Waals surface area contributed by atoms with Crippen LogP contribution in [0.1, 0.15) is 31.0 Å². The zero-order chi connectivity index (χ0) is 18.6. The molecule has 0 saturated carbocycles. The maximum atomic E-state index is 12.6. The van der Waals surface area contributed by atoms with Crippen LogP contribution in [0.25, 0.3) is 0 Å². The van der Waals surface area contributed by atoms with Gasteiger partial charge in [0, 0.05) is 19.3 Å². The van der Waals surface area contributed by atoms with Crippen LogP contribution in [0.2, 0.25) is 0 Å². The van der Waals surface area contributed by atoms with Gasteiger partial charge < -0.3 is 9.64 Å². The number of rotatable bonds is 7. The average Bonchev–Trinajstić information content (AvgIpc) is 3.17. The molecule has 0 bridgehead atoms. The van der Waals surface area contributed by atoms with Crippen molar-refractivity contribution in [3.63, 3.8) is 0 Å². The van der Waals surface area contributed by atoms with Gasteiger partial charge in [-0.1, -0.05) is 0 Å². The summed E-state index contributed by atoms with van der Waals surface area (Å²) in [5, 5.41) is 0. The van der Waals surface area contributed by atoms with Crippen molar-refractivity contribution in [1.82, 2.24) is 14.7 Å². The molecule has 0 amide bonds. The number of aromatic nitrogens is 2. The first kappa shape index (κ1) is 18.6. The first-order valence-corrected chi connectivity index (χ1v) is 10.3. The van der Waals surface area contributed by atoms with Crippen molar-refractivity contribution in [1.29, 1.82) is 0 Å². The van der Waals surface area contributed by atoms with Crippen LogP contribution in [-0.4, -0.2) is 38.1 Å². The van der Waals surface area contributed by atoms with E-state index in [4.69, 9.17) is 4.74 Å². The van der Waals surface area contributed by atoms with Crippen LogP contribution < -0.4 is 14.4 Å². The second kappa shape index (κ2) is 8.01. The van der Waals surface area contributed by atoms with Crippen LogP contribution in [0.15, 0.2) is 35.4 Å². The molecule has 1 fully saturated rings. The van der Waals surface area contributed by atoms with Gasteiger partial charge in [-0.15, -0.1) is 0 Å². The molecule has 0 aliphatic carbocycles. The third-order valence-corrected chi connectivity index (χ3v) is 5.69. The fourth-order valence-electron chi connectivity index (χ4n) is 2.91. The van der Waals surface area contributed by atoms with Crippen LogP contribution in [-0.2, 0) is 16.6 Å². The molecule has 2 aromatic rings. The highest BCUT2D eigenvalue weighted by atomic mass is 32.2. The predicted octanol–water partition coefficient (Wildman–Crippen LogP) is 2.26. The summed E-state index contributed by atoms with van der Waals surface area (Å²) in [7, 11) is -3.62. The highest BCUT2D eigenvalue weighted by molar-refractivity contribution is 7.89. The van der Waals surface area contributed by atoms with E-state index in [0.29, 0.717) is 24.0 Å². The lowest BCUT2D eigenvalue weighted by Gasteiger charge is -2.15. The van der Waals surface area contributed by atoms with E-state index in [1.54, 1.807) is 30.5 Å². The Labute approximate surface area is 154 Å². The van der Waals surface area contributed by atoms with Crippen LogP contribution in [0.3, 0.4) is 0 Å². The summed E-state index contributed by atoms with van der Waals surface area (Å²) in [6.07, 6.45) is 3.94. The molecule has 1 aliphatic heterocycles. The summed E-state index contributed by atoms with van der Waals surface area (Å²) in [6.45, 7) is 6.28. The molecular weight excluding hydrogens is 352 g/mol. The maximum Gasteiger partial charge on any atom is 0.240 e. The summed E-state index contributed by atoms with van der Waals surface area (Å²) in [5.41, 5.74) is 1.43. The SMILES string of the molecule is CCOc1ccc(S(=O)(=O)NCc2ccnc(N3CCCC3)n2)cc1C. The molecule has 7 nitrogen and oxygen atoms in total. The summed E-state index contributed by atoms with van der Waals surface area (Å²) < 4.78 is 33.2. The smallest absolute Gasteiger partial charge is 0.240 e. The fraction of sp³-hybridized carbons (Fsp3) is 0.444. The number of anilines is 1. The minimum Gasteiger partial charge on any atom is -0.494 e. The number of nitrogens with zero attached hydrogens (tertiary/aromatic N) is 3. The molecule has 8 heteroatoms. The van der Waals surface area contributed by atoms with Crippen LogP contribution in [0, 0.1) is 6.92 Å². The number of nitrogens with one attached hydrogen (secondary N) is 1. The van der Waals surface area contributed by atoms with Gasteiger partial charge in [0.15, 0.2) is 0 Å². The largest absolute Gasteiger partial charge is 0.494 e. The van der Waals surface area contributed by atoms with Crippen molar-refractivity contribution in [3.8, 4) is 5.75 Å². The Morgan fingerprint density at radius 3 is 2.69 bits per heavy atom.